The number of hydrogen-bond acceptors (Lipinski definition) is 3. The Kier molecular flexibility index (Phi) is 8.57. The molecule has 4 rings (SSSR count). The molecule has 2 aromatic carbocycles. The van der Waals surface area contributed by atoms with Crippen molar-refractivity contribution in [2.75, 3.05) is 51.3 Å². The van der Waals surface area contributed by atoms with Crippen LogP contribution in [0.2, 0.25) is 0 Å². The molecule has 0 unspecified atom stereocenters. The number of nitrogens with one attached hydrogen (secondary N) is 1. The van der Waals surface area contributed by atoms with Crippen molar-refractivity contribution in [3.8, 4) is 0 Å². The summed E-state index contributed by atoms with van der Waals surface area (Å²) in [5, 5.41) is 3.52. The Morgan fingerprint density at radius 2 is 1.73 bits per heavy atom. The van der Waals surface area contributed by atoms with Gasteiger partial charge in [0, 0.05) is 45.5 Å². The summed E-state index contributed by atoms with van der Waals surface area (Å²) in [6, 6.07) is 19.5. The number of guanidine groups is 1. The van der Waals surface area contributed by atoms with Crippen LogP contribution in [0, 0.1) is 0 Å². The van der Waals surface area contributed by atoms with Gasteiger partial charge < -0.3 is 19.9 Å². The maximum absolute atomic E-state index is 5.44. The quantitative estimate of drug-likeness (QED) is 0.378. The van der Waals surface area contributed by atoms with Gasteiger partial charge in [0.2, 0.25) is 0 Å². The zero-order chi connectivity index (χ0) is 19.9. The molecule has 5 nitrogen and oxygen atoms in total. The lowest BCUT2D eigenvalue weighted by Crippen LogP contribution is -2.43. The van der Waals surface area contributed by atoms with Crippen molar-refractivity contribution in [2.24, 2.45) is 4.99 Å². The fraction of sp³-hybridized carbons (Fsp3) is 0.375. The minimum Gasteiger partial charge on any atom is -0.378 e. The van der Waals surface area contributed by atoms with Crippen molar-refractivity contribution in [3.63, 3.8) is 0 Å². The van der Waals surface area contributed by atoms with Crippen LogP contribution in [-0.4, -0.2) is 57.3 Å². The lowest BCUT2D eigenvalue weighted by Gasteiger charge is -2.30. The molecular formula is C24H31IN4O. The molecule has 0 aliphatic carbocycles. The number of ether oxygens (including phenoxy) is 1. The van der Waals surface area contributed by atoms with Crippen molar-refractivity contribution in [2.45, 2.75) is 13.0 Å². The fourth-order valence-electron chi connectivity index (χ4n) is 3.94. The second kappa shape index (κ2) is 11.4. The third-order valence-electron chi connectivity index (χ3n) is 5.63. The van der Waals surface area contributed by atoms with E-state index in [0.29, 0.717) is 0 Å². The molecule has 0 spiro atoms. The first-order valence-electron chi connectivity index (χ1n) is 10.4. The molecule has 160 valence electrons. The first-order chi connectivity index (χ1) is 14.3. The van der Waals surface area contributed by atoms with Gasteiger partial charge in [-0.1, -0.05) is 48.5 Å². The van der Waals surface area contributed by atoms with E-state index in [1.165, 1.54) is 22.4 Å². The molecule has 2 aliphatic heterocycles. The number of halogens is 1. The van der Waals surface area contributed by atoms with E-state index in [0.717, 1.165) is 58.3 Å². The molecule has 2 aromatic rings. The fourth-order valence-corrected chi connectivity index (χ4v) is 3.94. The van der Waals surface area contributed by atoms with E-state index in [1.54, 1.807) is 0 Å². The third kappa shape index (κ3) is 5.76. The van der Waals surface area contributed by atoms with Crippen molar-refractivity contribution in [1.82, 2.24) is 10.2 Å². The van der Waals surface area contributed by atoms with E-state index in [1.807, 2.05) is 7.05 Å². The first-order valence-corrected chi connectivity index (χ1v) is 10.4. The van der Waals surface area contributed by atoms with Crippen LogP contribution in [-0.2, 0) is 11.3 Å². The molecule has 1 fully saturated rings. The normalized spacial score (nSPS) is 17.2. The SMILES string of the molecule is CN=C(NCc1ccc(N2CCOCC2)cc1)N1CC=C(c2ccccc2)CC1.I. The predicted molar refractivity (Wildman–Crippen MR) is 136 cm³/mol. The summed E-state index contributed by atoms with van der Waals surface area (Å²) in [7, 11) is 1.86. The molecule has 0 amide bonds. The van der Waals surface area contributed by atoms with Crippen LogP contribution in [0.5, 0.6) is 0 Å². The summed E-state index contributed by atoms with van der Waals surface area (Å²) < 4.78 is 5.44. The molecule has 0 atom stereocenters. The number of morpholine rings is 1. The van der Waals surface area contributed by atoms with E-state index < -0.39 is 0 Å². The minimum absolute atomic E-state index is 0. The molecular weight excluding hydrogens is 487 g/mol. The van der Waals surface area contributed by atoms with Gasteiger partial charge in [-0.05, 0) is 35.3 Å². The Labute approximate surface area is 196 Å². The average molecular weight is 518 g/mol. The smallest absolute Gasteiger partial charge is 0.194 e. The number of benzene rings is 2. The predicted octanol–water partition coefficient (Wildman–Crippen LogP) is 4.01. The van der Waals surface area contributed by atoms with Gasteiger partial charge in [-0.25, -0.2) is 0 Å². The van der Waals surface area contributed by atoms with Gasteiger partial charge >= 0.3 is 0 Å². The monoisotopic (exact) mass is 518 g/mol. The van der Waals surface area contributed by atoms with Crippen LogP contribution >= 0.6 is 24.0 Å². The van der Waals surface area contributed by atoms with Crippen LogP contribution in [0.15, 0.2) is 65.7 Å². The van der Waals surface area contributed by atoms with Gasteiger partial charge in [-0.3, -0.25) is 4.99 Å². The van der Waals surface area contributed by atoms with Gasteiger partial charge in [0.05, 0.1) is 13.2 Å². The second-order valence-electron chi connectivity index (χ2n) is 7.46. The van der Waals surface area contributed by atoms with Gasteiger partial charge in [-0.15, -0.1) is 24.0 Å². The lowest BCUT2D eigenvalue weighted by molar-refractivity contribution is 0.122. The highest BCUT2D eigenvalue weighted by molar-refractivity contribution is 14.0. The highest BCUT2D eigenvalue weighted by Crippen LogP contribution is 2.22. The van der Waals surface area contributed by atoms with E-state index in [-0.39, 0.29) is 24.0 Å². The van der Waals surface area contributed by atoms with Crippen LogP contribution in [0.4, 0.5) is 5.69 Å². The van der Waals surface area contributed by atoms with Crippen molar-refractivity contribution >= 4 is 41.2 Å². The summed E-state index contributed by atoms with van der Waals surface area (Å²) in [4.78, 5) is 9.19. The standard InChI is InChI=1S/C24H30N4O.HI/c1-25-24(28-13-11-22(12-14-28)21-5-3-2-4-6-21)26-19-20-7-9-23(10-8-20)27-15-17-29-18-16-27;/h2-11H,12-19H2,1H3,(H,25,26);1H. The Bertz CT molecular complexity index is 845. The van der Waals surface area contributed by atoms with Crippen LogP contribution in [0.3, 0.4) is 0 Å². The van der Waals surface area contributed by atoms with Crippen LogP contribution < -0.4 is 10.2 Å². The Balaban J connectivity index is 0.00000256. The van der Waals surface area contributed by atoms with E-state index in [2.05, 4.69) is 80.8 Å². The summed E-state index contributed by atoms with van der Waals surface area (Å²) in [6.45, 7) is 6.22. The van der Waals surface area contributed by atoms with E-state index >= 15 is 0 Å². The Hall–Kier alpha value is -2.06. The van der Waals surface area contributed by atoms with Crippen LogP contribution in [0.25, 0.3) is 5.57 Å². The summed E-state index contributed by atoms with van der Waals surface area (Å²) in [5.74, 6) is 0.964. The highest BCUT2D eigenvalue weighted by Gasteiger charge is 2.16. The number of hydrogen-bond donors (Lipinski definition) is 1. The molecule has 2 heterocycles. The summed E-state index contributed by atoms with van der Waals surface area (Å²) >= 11 is 0. The number of rotatable bonds is 4. The molecule has 6 heteroatoms. The van der Waals surface area contributed by atoms with Gasteiger partial charge in [-0.2, -0.15) is 0 Å². The van der Waals surface area contributed by atoms with Crippen LogP contribution in [0.1, 0.15) is 17.5 Å². The Morgan fingerprint density at radius 3 is 2.37 bits per heavy atom. The molecule has 0 radical (unpaired) electrons. The largest absolute Gasteiger partial charge is 0.378 e. The summed E-state index contributed by atoms with van der Waals surface area (Å²) in [6.07, 6.45) is 3.36. The maximum Gasteiger partial charge on any atom is 0.194 e. The number of aliphatic imine (C=N–C) groups is 1. The second-order valence-corrected chi connectivity index (χ2v) is 7.46. The minimum atomic E-state index is 0. The molecule has 0 saturated carbocycles. The van der Waals surface area contributed by atoms with Gasteiger partial charge in [0.15, 0.2) is 5.96 Å². The summed E-state index contributed by atoms with van der Waals surface area (Å²) in [5.41, 5.74) is 5.29. The third-order valence-corrected chi connectivity index (χ3v) is 5.63. The maximum atomic E-state index is 5.44. The lowest BCUT2D eigenvalue weighted by atomic mass is 10.00. The Morgan fingerprint density at radius 1 is 1.00 bits per heavy atom. The molecule has 30 heavy (non-hydrogen) atoms. The molecule has 1 saturated heterocycles. The number of nitrogens with zero attached hydrogens (tertiary/aromatic N) is 3. The zero-order valence-electron chi connectivity index (χ0n) is 17.6. The highest BCUT2D eigenvalue weighted by atomic mass is 127. The number of anilines is 1. The molecule has 2 aliphatic rings. The van der Waals surface area contributed by atoms with E-state index in [9.17, 15) is 0 Å². The average Bonchev–Trinajstić information content (AvgIpc) is 2.81. The van der Waals surface area contributed by atoms with Crippen molar-refractivity contribution in [3.05, 3.63) is 71.8 Å². The topological polar surface area (TPSA) is 40.1 Å². The van der Waals surface area contributed by atoms with Crippen molar-refractivity contribution < 1.29 is 4.74 Å². The van der Waals surface area contributed by atoms with Gasteiger partial charge in [0.25, 0.3) is 0 Å². The molecule has 0 aromatic heterocycles. The first kappa shape index (κ1) is 22.6. The van der Waals surface area contributed by atoms with E-state index in [4.69, 9.17) is 4.74 Å². The van der Waals surface area contributed by atoms with Crippen molar-refractivity contribution in [1.29, 1.82) is 0 Å². The molecule has 0 bridgehead atoms. The molecule has 1 N–H and O–H groups in total. The van der Waals surface area contributed by atoms with Gasteiger partial charge in [0.1, 0.15) is 0 Å². The zero-order valence-corrected chi connectivity index (χ0v) is 19.9.